The zero-order valence-electron chi connectivity index (χ0n) is 14.7. The summed E-state index contributed by atoms with van der Waals surface area (Å²) >= 11 is 0. The summed E-state index contributed by atoms with van der Waals surface area (Å²) < 4.78 is 11.6. The van der Waals surface area contributed by atoms with Crippen LogP contribution >= 0.6 is 0 Å². The van der Waals surface area contributed by atoms with Crippen LogP contribution < -0.4 is 14.8 Å². The van der Waals surface area contributed by atoms with E-state index < -0.39 is 0 Å². The number of anilines is 1. The summed E-state index contributed by atoms with van der Waals surface area (Å²) in [5.41, 5.74) is 5.02. The Morgan fingerprint density at radius 3 is 2.58 bits per heavy atom. The molecule has 3 nitrogen and oxygen atoms in total. The van der Waals surface area contributed by atoms with Gasteiger partial charge in [0.05, 0.1) is 19.8 Å². The summed E-state index contributed by atoms with van der Waals surface area (Å²) in [6.07, 6.45) is 0. The molecule has 0 aliphatic carbocycles. The molecule has 2 aliphatic rings. The Kier molecular flexibility index (Phi) is 3.59. The van der Waals surface area contributed by atoms with Gasteiger partial charge in [-0.15, -0.1) is 0 Å². The lowest BCUT2D eigenvalue weighted by molar-refractivity contribution is 0.183. The standard InChI is InChI=1S/C23H21NO2/c1-25-16-11-12-20-18(13-16)22(15-7-3-2-4-8-15)19-14-26-21-10-6-5-9-17(21)23(19)24-20/h2-13,19,22-24H,14H2,1H3. The quantitative estimate of drug-likeness (QED) is 0.710. The van der Waals surface area contributed by atoms with Gasteiger partial charge in [-0.05, 0) is 35.4 Å². The zero-order chi connectivity index (χ0) is 17.5. The molecule has 0 saturated carbocycles. The van der Waals surface area contributed by atoms with Crippen LogP contribution in [0.3, 0.4) is 0 Å². The van der Waals surface area contributed by atoms with Crippen molar-refractivity contribution >= 4 is 5.69 Å². The molecule has 0 aromatic heterocycles. The van der Waals surface area contributed by atoms with Crippen LogP contribution in [0.25, 0.3) is 0 Å². The van der Waals surface area contributed by atoms with Gasteiger partial charge in [0.15, 0.2) is 0 Å². The van der Waals surface area contributed by atoms with Crippen LogP contribution in [0, 0.1) is 5.92 Å². The first kappa shape index (κ1) is 15.3. The van der Waals surface area contributed by atoms with E-state index in [1.807, 2.05) is 12.1 Å². The highest BCUT2D eigenvalue weighted by atomic mass is 16.5. The van der Waals surface area contributed by atoms with Gasteiger partial charge in [-0.3, -0.25) is 0 Å². The second-order valence-corrected chi connectivity index (χ2v) is 6.98. The Bertz CT molecular complexity index is 938. The maximum Gasteiger partial charge on any atom is 0.124 e. The van der Waals surface area contributed by atoms with E-state index in [1.54, 1.807) is 7.11 Å². The van der Waals surface area contributed by atoms with Gasteiger partial charge in [0.1, 0.15) is 11.5 Å². The van der Waals surface area contributed by atoms with Crippen LogP contribution in [-0.2, 0) is 0 Å². The van der Waals surface area contributed by atoms with E-state index in [1.165, 1.54) is 22.4 Å². The summed E-state index contributed by atoms with van der Waals surface area (Å²) in [5.74, 6) is 2.47. The van der Waals surface area contributed by atoms with Crippen LogP contribution in [-0.4, -0.2) is 13.7 Å². The normalized spacial score (nSPS) is 22.9. The first-order chi connectivity index (χ1) is 12.8. The van der Waals surface area contributed by atoms with Crippen molar-refractivity contribution in [3.63, 3.8) is 0 Å². The first-order valence-corrected chi connectivity index (χ1v) is 9.06. The minimum Gasteiger partial charge on any atom is -0.497 e. The van der Waals surface area contributed by atoms with Crippen molar-refractivity contribution in [2.75, 3.05) is 19.0 Å². The van der Waals surface area contributed by atoms with Gasteiger partial charge in [-0.2, -0.15) is 0 Å². The predicted molar refractivity (Wildman–Crippen MR) is 103 cm³/mol. The third kappa shape index (κ3) is 2.35. The Balaban J connectivity index is 1.69. The third-order valence-electron chi connectivity index (χ3n) is 5.61. The van der Waals surface area contributed by atoms with Crippen LogP contribution in [0.1, 0.15) is 28.7 Å². The monoisotopic (exact) mass is 343 g/mol. The van der Waals surface area contributed by atoms with E-state index in [2.05, 4.69) is 66.0 Å². The number of hydrogen-bond donors (Lipinski definition) is 1. The lowest BCUT2D eigenvalue weighted by Gasteiger charge is -2.44. The lowest BCUT2D eigenvalue weighted by Crippen LogP contribution is -2.39. The molecule has 3 unspecified atom stereocenters. The fourth-order valence-corrected chi connectivity index (χ4v) is 4.40. The molecule has 5 rings (SSSR count). The molecule has 3 aromatic rings. The Hall–Kier alpha value is -2.94. The molecule has 0 saturated heterocycles. The van der Waals surface area contributed by atoms with Gasteiger partial charge in [0, 0.05) is 23.1 Å². The van der Waals surface area contributed by atoms with Gasteiger partial charge >= 0.3 is 0 Å². The SMILES string of the molecule is COc1ccc2c(c1)C(c1ccccc1)C1COc3ccccc3C1N2. The van der Waals surface area contributed by atoms with Gasteiger partial charge in [0.25, 0.3) is 0 Å². The molecule has 2 heterocycles. The summed E-state index contributed by atoms with van der Waals surface area (Å²) in [5, 5.41) is 3.77. The Labute approximate surface area is 153 Å². The maximum atomic E-state index is 6.15. The lowest BCUT2D eigenvalue weighted by atomic mass is 9.71. The van der Waals surface area contributed by atoms with Crippen molar-refractivity contribution in [3.05, 3.63) is 89.5 Å². The van der Waals surface area contributed by atoms with Gasteiger partial charge in [-0.25, -0.2) is 0 Å². The number of benzene rings is 3. The molecular weight excluding hydrogens is 322 g/mol. The summed E-state index contributed by atoms with van der Waals surface area (Å²) in [6.45, 7) is 0.699. The number of para-hydroxylation sites is 1. The van der Waals surface area contributed by atoms with E-state index >= 15 is 0 Å². The average molecular weight is 343 g/mol. The molecule has 0 amide bonds. The summed E-state index contributed by atoms with van der Waals surface area (Å²) in [6, 6.07) is 25.7. The van der Waals surface area contributed by atoms with Crippen LogP contribution in [0.15, 0.2) is 72.8 Å². The molecule has 3 aromatic carbocycles. The van der Waals surface area contributed by atoms with Crippen LogP contribution in [0.5, 0.6) is 11.5 Å². The average Bonchev–Trinajstić information content (AvgIpc) is 2.72. The number of ether oxygens (including phenoxy) is 2. The molecule has 130 valence electrons. The predicted octanol–water partition coefficient (Wildman–Crippen LogP) is 5.00. The molecule has 0 fully saturated rings. The minimum absolute atomic E-state index is 0.242. The smallest absolute Gasteiger partial charge is 0.124 e. The van der Waals surface area contributed by atoms with E-state index in [-0.39, 0.29) is 12.0 Å². The Morgan fingerprint density at radius 1 is 0.923 bits per heavy atom. The second kappa shape index (κ2) is 6.10. The van der Waals surface area contributed by atoms with E-state index in [0.29, 0.717) is 12.5 Å². The molecule has 3 atom stereocenters. The zero-order valence-corrected chi connectivity index (χ0v) is 14.7. The number of fused-ring (bicyclic) bond motifs is 4. The molecular formula is C23H21NO2. The molecule has 26 heavy (non-hydrogen) atoms. The fourth-order valence-electron chi connectivity index (χ4n) is 4.40. The first-order valence-electron chi connectivity index (χ1n) is 9.06. The molecule has 0 spiro atoms. The summed E-state index contributed by atoms with van der Waals surface area (Å²) in [7, 11) is 1.72. The highest BCUT2D eigenvalue weighted by Crippen LogP contribution is 2.51. The number of hydrogen-bond acceptors (Lipinski definition) is 3. The summed E-state index contributed by atoms with van der Waals surface area (Å²) in [4.78, 5) is 0. The molecule has 0 radical (unpaired) electrons. The molecule has 1 N–H and O–H groups in total. The number of nitrogens with one attached hydrogen (secondary N) is 1. The van der Waals surface area contributed by atoms with Crippen molar-refractivity contribution in [2.45, 2.75) is 12.0 Å². The van der Waals surface area contributed by atoms with Crippen molar-refractivity contribution in [2.24, 2.45) is 5.92 Å². The molecule has 2 aliphatic heterocycles. The van der Waals surface area contributed by atoms with E-state index in [0.717, 1.165) is 11.5 Å². The second-order valence-electron chi connectivity index (χ2n) is 6.98. The van der Waals surface area contributed by atoms with Crippen molar-refractivity contribution in [1.29, 1.82) is 0 Å². The van der Waals surface area contributed by atoms with Gasteiger partial charge in [-0.1, -0.05) is 48.5 Å². The third-order valence-corrected chi connectivity index (χ3v) is 5.61. The van der Waals surface area contributed by atoms with E-state index in [4.69, 9.17) is 9.47 Å². The fraction of sp³-hybridized carbons (Fsp3) is 0.217. The van der Waals surface area contributed by atoms with Crippen molar-refractivity contribution in [3.8, 4) is 11.5 Å². The van der Waals surface area contributed by atoms with Crippen LogP contribution in [0.2, 0.25) is 0 Å². The molecule has 3 heteroatoms. The largest absolute Gasteiger partial charge is 0.497 e. The number of rotatable bonds is 2. The van der Waals surface area contributed by atoms with Gasteiger partial charge in [0.2, 0.25) is 0 Å². The Morgan fingerprint density at radius 2 is 1.73 bits per heavy atom. The van der Waals surface area contributed by atoms with Crippen molar-refractivity contribution < 1.29 is 9.47 Å². The maximum absolute atomic E-state index is 6.15. The minimum atomic E-state index is 0.242. The van der Waals surface area contributed by atoms with Crippen molar-refractivity contribution in [1.82, 2.24) is 0 Å². The number of methoxy groups -OCH3 is 1. The van der Waals surface area contributed by atoms with Crippen LogP contribution in [0.4, 0.5) is 5.69 Å². The highest BCUT2D eigenvalue weighted by molar-refractivity contribution is 5.63. The van der Waals surface area contributed by atoms with E-state index in [9.17, 15) is 0 Å². The topological polar surface area (TPSA) is 30.5 Å². The molecule has 0 bridgehead atoms. The van der Waals surface area contributed by atoms with Gasteiger partial charge < -0.3 is 14.8 Å². The highest BCUT2D eigenvalue weighted by Gasteiger charge is 2.42.